The first-order valence-corrected chi connectivity index (χ1v) is 6.42. The highest BCUT2D eigenvalue weighted by Crippen LogP contribution is 2.27. The van der Waals surface area contributed by atoms with Gasteiger partial charge in [-0.05, 0) is 30.5 Å². The zero-order valence-corrected chi connectivity index (χ0v) is 11.6. The number of rotatable bonds is 4. The average Bonchev–Trinajstić information content (AvgIpc) is 2.87. The van der Waals surface area contributed by atoms with Crippen LogP contribution in [-0.2, 0) is 0 Å². The Kier molecular flexibility index (Phi) is 3.85. The largest absolute Gasteiger partial charge is 0.389 e. The van der Waals surface area contributed by atoms with Crippen molar-refractivity contribution in [1.29, 1.82) is 0 Å². The molecule has 20 heavy (non-hydrogen) atoms. The maximum atomic E-state index is 11.2. The highest BCUT2D eigenvalue weighted by atomic mass is 16.6. The van der Waals surface area contributed by atoms with E-state index in [1.165, 1.54) is 10.7 Å². The van der Waals surface area contributed by atoms with Gasteiger partial charge in [-0.25, -0.2) is 4.68 Å². The van der Waals surface area contributed by atoms with Crippen LogP contribution < -0.4 is 0 Å². The Bertz CT molecular complexity index is 632. The summed E-state index contributed by atoms with van der Waals surface area (Å²) in [5.41, 5.74) is 1.71. The molecule has 1 aromatic carbocycles. The topological polar surface area (TPSA) is 81.2 Å². The fourth-order valence-electron chi connectivity index (χ4n) is 1.92. The van der Waals surface area contributed by atoms with Crippen molar-refractivity contribution in [2.75, 3.05) is 0 Å². The van der Waals surface area contributed by atoms with Crippen LogP contribution in [0.15, 0.2) is 30.5 Å². The third-order valence-electron chi connectivity index (χ3n) is 3.13. The number of hydrogen-bond donors (Lipinski definition) is 1. The number of benzene rings is 1. The van der Waals surface area contributed by atoms with Gasteiger partial charge in [-0.2, -0.15) is 5.10 Å². The quantitative estimate of drug-likeness (QED) is 0.687. The van der Waals surface area contributed by atoms with E-state index in [0.29, 0.717) is 11.3 Å². The van der Waals surface area contributed by atoms with E-state index in [1.807, 2.05) is 19.9 Å². The van der Waals surface area contributed by atoms with Crippen molar-refractivity contribution >= 4 is 5.69 Å². The lowest BCUT2D eigenvalue weighted by Crippen LogP contribution is -2.03. The molecule has 0 aliphatic rings. The molecule has 2 aromatic rings. The summed E-state index contributed by atoms with van der Waals surface area (Å²) in [7, 11) is 0. The second kappa shape index (κ2) is 5.42. The second-order valence-electron chi connectivity index (χ2n) is 5.02. The average molecular weight is 275 g/mol. The summed E-state index contributed by atoms with van der Waals surface area (Å²) in [6.07, 6.45) is 0.964. The van der Waals surface area contributed by atoms with Gasteiger partial charge in [0.1, 0.15) is 5.69 Å². The molecule has 1 atom stereocenters. The minimum absolute atomic E-state index is 0.0678. The molecule has 2 rings (SSSR count). The molecule has 0 spiro atoms. The smallest absolute Gasteiger partial charge is 0.295 e. The zero-order valence-electron chi connectivity index (χ0n) is 11.6. The van der Waals surface area contributed by atoms with E-state index in [9.17, 15) is 15.2 Å². The van der Waals surface area contributed by atoms with Gasteiger partial charge in [0.25, 0.3) is 5.69 Å². The summed E-state index contributed by atoms with van der Waals surface area (Å²) >= 11 is 0. The zero-order chi connectivity index (χ0) is 14.9. The minimum Gasteiger partial charge on any atom is -0.389 e. The summed E-state index contributed by atoms with van der Waals surface area (Å²) in [4.78, 5) is 10.7. The predicted molar refractivity (Wildman–Crippen MR) is 74.9 cm³/mol. The number of nitrogens with zero attached hydrogens (tertiary/aromatic N) is 3. The molecule has 0 saturated heterocycles. The molecule has 0 unspecified atom stereocenters. The van der Waals surface area contributed by atoms with Gasteiger partial charge in [-0.3, -0.25) is 10.1 Å². The number of nitro benzene ring substituents is 1. The van der Waals surface area contributed by atoms with Gasteiger partial charge in [0.15, 0.2) is 0 Å². The van der Waals surface area contributed by atoms with Crippen molar-refractivity contribution in [3.63, 3.8) is 0 Å². The molecule has 6 nitrogen and oxygen atoms in total. The molecule has 0 saturated carbocycles. The Morgan fingerprint density at radius 1 is 1.30 bits per heavy atom. The van der Waals surface area contributed by atoms with Crippen LogP contribution >= 0.6 is 0 Å². The van der Waals surface area contributed by atoms with Crippen LogP contribution in [0.2, 0.25) is 0 Å². The summed E-state index contributed by atoms with van der Waals surface area (Å²) in [5.74, 6) is 0.257. The van der Waals surface area contributed by atoms with Crippen LogP contribution in [0, 0.1) is 10.1 Å². The van der Waals surface area contributed by atoms with Crippen molar-refractivity contribution in [3.05, 3.63) is 51.8 Å². The first kappa shape index (κ1) is 14.2. The SMILES string of the molecule is CC(C)c1ccn(-c2ccc([C@@H](C)O)cc2[N+](=O)[O-])n1. The van der Waals surface area contributed by atoms with Gasteiger partial charge in [-0.1, -0.05) is 19.9 Å². The second-order valence-corrected chi connectivity index (χ2v) is 5.02. The van der Waals surface area contributed by atoms with Crippen molar-refractivity contribution < 1.29 is 10.0 Å². The van der Waals surface area contributed by atoms with Crippen LogP contribution in [-0.4, -0.2) is 19.8 Å². The third kappa shape index (κ3) is 2.70. The van der Waals surface area contributed by atoms with Crippen LogP contribution in [0.25, 0.3) is 5.69 Å². The first-order chi connectivity index (χ1) is 9.40. The normalized spacial score (nSPS) is 12.7. The summed E-state index contributed by atoms with van der Waals surface area (Å²) < 4.78 is 1.50. The molecule has 106 valence electrons. The van der Waals surface area contributed by atoms with Gasteiger partial charge >= 0.3 is 0 Å². The molecule has 0 fully saturated rings. The summed E-state index contributed by atoms with van der Waals surface area (Å²) in [5, 5.41) is 25.1. The molecule has 0 aliphatic carbocycles. The van der Waals surface area contributed by atoms with Crippen molar-refractivity contribution in [3.8, 4) is 5.69 Å². The molecule has 6 heteroatoms. The van der Waals surface area contributed by atoms with E-state index in [0.717, 1.165) is 5.69 Å². The van der Waals surface area contributed by atoms with Crippen LogP contribution in [0.5, 0.6) is 0 Å². The Hall–Kier alpha value is -2.21. The maximum Gasteiger partial charge on any atom is 0.295 e. The van der Waals surface area contributed by atoms with Gasteiger partial charge < -0.3 is 5.11 Å². The fraction of sp³-hybridized carbons (Fsp3) is 0.357. The first-order valence-electron chi connectivity index (χ1n) is 6.42. The van der Waals surface area contributed by atoms with Crippen LogP contribution in [0.4, 0.5) is 5.69 Å². The number of hydrogen-bond acceptors (Lipinski definition) is 4. The van der Waals surface area contributed by atoms with Crippen LogP contribution in [0.1, 0.15) is 44.1 Å². The lowest BCUT2D eigenvalue weighted by atomic mass is 10.1. The minimum atomic E-state index is -0.744. The molecule has 1 aromatic heterocycles. The van der Waals surface area contributed by atoms with Crippen molar-refractivity contribution in [2.45, 2.75) is 32.8 Å². The molecular weight excluding hydrogens is 258 g/mol. The van der Waals surface area contributed by atoms with Gasteiger partial charge in [0.05, 0.1) is 16.7 Å². The summed E-state index contributed by atoms with van der Waals surface area (Å²) in [6.45, 7) is 5.60. The van der Waals surface area contributed by atoms with E-state index < -0.39 is 11.0 Å². The monoisotopic (exact) mass is 275 g/mol. The lowest BCUT2D eigenvalue weighted by Gasteiger charge is -2.08. The highest BCUT2D eigenvalue weighted by molar-refractivity contribution is 5.54. The Morgan fingerprint density at radius 3 is 2.50 bits per heavy atom. The van der Waals surface area contributed by atoms with Crippen molar-refractivity contribution in [2.24, 2.45) is 0 Å². The summed E-state index contributed by atoms with van der Waals surface area (Å²) in [6, 6.07) is 6.51. The fourth-order valence-corrected chi connectivity index (χ4v) is 1.92. The Labute approximate surface area is 116 Å². The van der Waals surface area contributed by atoms with Crippen molar-refractivity contribution in [1.82, 2.24) is 9.78 Å². The number of aliphatic hydroxyl groups is 1. The Morgan fingerprint density at radius 2 is 2.00 bits per heavy atom. The number of aromatic nitrogens is 2. The molecule has 0 aliphatic heterocycles. The predicted octanol–water partition coefficient (Wildman–Crippen LogP) is 2.96. The van der Waals surface area contributed by atoms with Crippen LogP contribution in [0.3, 0.4) is 0 Å². The third-order valence-corrected chi connectivity index (χ3v) is 3.13. The molecule has 0 bridgehead atoms. The molecule has 0 radical (unpaired) electrons. The highest BCUT2D eigenvalue weighted by Gasteiger charge is 2.18. The van der Waals surface area contributed by atoms with Gasteiger partial charge in [0.2, 0.25) is 0 Å². The Balaban J connectivity index is 2.52. The van der Waals surface area contributed by atoms with E-state index in [2.05, 4.69) is 5.10 Å². The van der Waals surface area contributed by atoms with E-state index >= 15 is 0 Å². The number of aliphatic hydroxyl groups excluding tert-OH is 1. The molecular formula is C14H17N3O3. The molecule has 1 heterocycles. The van der Waals surface area contributed by atoms with Gasteiger partial charge in [-0.15, -0.1) is 0 Å². The molecule has 1 N–H and O–H groups in total. The lowest BCUT2D eigenvalue weighted by molar-refractivity contribution is -0.384. The van der Waals surface area contributed by atoms with E-state index in [1.54, 1.807) is 25.3 Å². The van der Waals surface area contributed by atoms with Gasteiger partial charge in [0, 0.05) is 12.3 Å². The van der Waals surface area contributed by atoms with E-state index in [-0.39, 0.29) is 11.6 Å². The standard InChI is InChI=1S/C14H17N3O3/c1-9(2)12-6-7-16(15-12)13-5-4-11(10(3)18)8-14(13)17(19)20/h4-10,18H,1-3H3/t10-/m1/s1. The van der Waals surface area contributed by atoms with E-state index in [4.69, 9.17) is 0 Å². The number of nitro groups is 1. The molecule has 0 amide bonds. The maximum absolute atomic E-state index is 11.2.